The number of nitriles is 1. The van der Waals surface area contributed by atoms with Crippen molar-refractivity contribution in [2.75, 3.05) is 13.1 Å². The second-order valence-corrected chi connectivity index (χ2v) is 5.65. The first kappa shape index (κ1) is 15.5. The second-order valence-electron chi connectivity index (χ2n) is 5.65. The smallest absolute Gasteiger partial charge is 0.0635 e. The molecule has 1 saturated carbocycles. The molecule has 104 valence electrons. The van der Waals surface area contributed by atoms with Crippen LogP contribution in [0.2, 0.25) is 0 Å². The summed E-state index contributed by atoms with van der Waals surface area (Å²) < 4.78 is 0. The molecule has 0 atom stereocenters. The lowest BCUT2D eigenvalue weighted by atomic mass is 10.1. The van der Waals surface area contributed by atoms with Crippen LogP contribution in [-0.4, -0.2) is 24.0 Å². The van der Waals surface area contributed by atoms with E-state index >= 15 is 0 Å². The van der Waals surface area contributed by atoms with Crippen molar-refractivity contribution in [3.8, 4) is 6.07 Å². The zero-order valence-corrected chi connectivity index (χ0v) is 12.2. The summed E-state index contributed by atoms with van der Waals surface area (Å²) in [6.45, 7) is 4.49. The summed E-state index contributed by atoms with van der Waals surface area (Å²) in [4.78, 5) is 2.54. The first-order chi connectivity index (χ1) is 8.88. The maximum absolute atomic E-state index is 8.65. The Bertz CT molecular complexity index is 228. The Morgan fingerprint density at radius 3 is 2.11 bits per heavy atom. The number of hydrogen-bond acceptors (Lipinski definition) is 2. The van der Waals surface area contributed by atoms with Crippen molar-refractivity contribution in [3.63, 3.8) is 0 Å². The topological polar surface area (TPSA) is 27.0 Å². The lowest BCUT2D eigenvalue weighted by Crippen LogP contribution is -2.28. The van der Waals surface area contributed by atoms with E-state index in [0.29, 0.717) is 6.42 Å². The van der Waals surface area contributed by atoms with Crippen molar-refractivity contribution in [2.24, 2.45) is 0 Å². The summed E-state index contributed by atoms with van der Waals surface area (Å²) in [5.41, 5.74) is 0. The molecule has 1 fully saturated rings. The highest BCUT2D eigenvalue weighted by molar-refractivity contribution is 4.86. The first-order valence-corrected chi connectivity index (χ1v) is 7.99. The number of rotatable bonds is 12. The van der Waals surface area contributed by atoms with Crippen LogP contribution in [0, 0.1) is 11.3 Å². The molecule has 0 aromatic heterocycles. The van der Waals surface area contributed by atoms with E-state index in [4.69, 9.17) is 5.26 Å². The second kappa shape index (κ2) is 10.4. The first-order valence-electron chi connectivity index (χ1n) is 7.99. The Labute approximate surface area is 113 Å². The zero-order valence-electron chi connectivity index (χ0n) is 12.2. The van der Waals surface area contributed by atoms with Crippen molar-refractivity contribution in [1.82, 2.24) is 4.90 Å². The van der Waals surface area contributed by atoms with Gasteiger partial charge in [-0.1, -0.05) is 51.9 Å². The zero-order chi connectivity index (χ0) is 13.1. The summed E-state index contributed by atoms with van der Waals surface area (Å²) in [6, 6.07) is 3.09. The molecule has 0 aromatic rings. The van der Waals surface area contributed by atoms with Gasteiger partial charge in [0.25, 0.3) is 0 Å². The largest absolute Gasteiger partial charge is 0.299 e. The van der Waals surface area contributed by atoms with Gasteiger partial charge >= 0.3 is 0 Å². The van der Waals surface area contributed by atoms with Crippen LogP contribution in [0.3, 0.4) is 0 Å². The van der Waals surface area contributed by atoms with Gasteiger partial charge in [0.05, 0.1) is 6.07 Å². The minimum Gasteiger partial charge on any atom is -0.299 e. The fourth-order valence-corrected chi connectivity index (χ4v) is 2.56. The molecule has 0 aliphatic heterocycles. The summed E-state index contributed by atoms with van der Waals surface area (Å²) in [6.07, 6.45) is 14.6. The van der Waals surface area contributed by atoms with E-state index in [-0.39, 0.29) is 0 Å². The average Bonchev–Trinajstić information content (AvgIpc) is 3.20. The molecular weight excluding hydrogens is 220 g/mol. The van der Waals surface area contributed by atoms with E-state index in [2.05, 4.69) is 17.9 Å². The molecule has 2 heteroatoms. The van der Waals surface area contributed by atoms with Crippen LogP contribution < -0.4 is 0 Å². The number of nitrogens with zero attached hydrogens (tertiary/aromatic N) is 2. The van der Waals surface area contributed by atoms with Gasteiger partial charge in [-0.2, -0.15) is 5.26 Å². The molecule has 0 amide bonds. The Hall–Kier alpha value is -0.550. The van der Waals surface area contributed by atoms with E-state index in [1.165, 1.54) is 70.8 Å². The van der Waals surface area contributed by atoms with Gasteiger partial charge in [-0.25, -0.2) is 0 Å². The van der Waals surface area contributed by atoms with Gasteiger partial charge in [-0.3, -0.25) is 4.90 Å². The molecular formula is C16H30N2. The maximum atomic E-state index is 8.65. The predicted octanol–water partition coefficient (Wildman–Crippen LogP) is 4.51. The average molecular weight is 250 g/mol. The molecule has 0 N–H and O–H groups in total. The van der Waals surface area contributed by atoms with E-state index in [9.17, 15) is 0 Å². The quantitative estimate of drug-likeness (QED) is 0.477. The summed E-state index contributed by atoms with van der Waals surface area (Å²) in [7, 11) is 0. The van der Waals surface area contributed by atoms with Crippen LogP contribution in [0.4, 0.5) is 0 Å². The van der Waals surface area contributed by atoms with E-state index in [0.717, 1.165) is 12.6 Å². The van der Waals surface area contributed by atoms with Crippen LogP contribution in [0.15, 0.2) is 0 Å². The van der Waals surface area contributed by atoms with Gasteiger partial charge in [0.2, 0.25) is 0 Å². The Balaban J connectivity index is 1.90. The van der Waals surface area contributed by atoms with Crippen molar-refractivity contribution < 1.29 is 0 Å². The molecule has 1 aliphatic rings. The minimum atomic E-state index is 0.702. The normalized spacial score (nSPS) is 14.9. The molecule has 0 radical (unpaired) electrons. The molecule has 0 aromatic carbocycles. The fourth-order valence-electron chi connectivity index (χ4n) is 2.56. The van der Waals surface area contributed by atoms with Gasteiger partial charge < -0.3 is 0 Å². The highest BCUT2D eigenvalue weighted by Crippen LogP contribution is 2.27. The van der Waals surface area contributed by atoms with Gasteiger partial charge in [0.1, 0.15) is 0 Å². The van der Waals surface area contributed by atoms with Gasteiger partial charge in [0.15, 0.2) is 0 Å². The van der Waals surface area contributed by atoms with Crippen LogP contribution in [0.25, 0.3) is 0 Å². The van der Waals surface area contributed by atoms with Crippen molar-refractivity contribution in [2.45, 2.75) is 83.6 Å². The van der Waals surface area contributed by atoms with E-state index in [1.54, 1.807) is 0 Å². The Morgan fingerprint density at radius 1 is 0.944 bits per heavy atom. The van der Waals surface area contributed by atoms with Gasteiger partial charge in [0, 0.05) is 19.0 Å². The van der Waals surface area contributed by atoms with Crippen molar-refractivity contribution in [1.29, 1.82) is 5.26 Å². The minimum absolute atomic E-state index is 0.702. The Kier molecular flexibility index (Phi) is 8.94. The maximum Gasteiger partial charge on any atom is 0.0635 e. The number of unbranched alkanes of at least 4 members (excludes halogenated alkanes) is 7. The predicted molar refractivity (Wildman–Crippen MR) is 77.4 cm³/mol. The van der Waals surface area contributed by atoms with E-state index in [1.807, 2.05) is 0 Å². The van der Waals surface area contributed by atoms with Crippen LogP contribution in [0.1, 0.15) is 77.6 Å². The fraction of sp³-hybridized carbons (Fsp3) is 0.938. The van der Waals surface area contributed by atoms with Gasteiger partial charge in [-0.15, -0.1) is 0 Å². The van der Waals surface area contributed by atoms with Gasteiger partial charge in [-0.05, 0) is 25.8 Å². The summed E-state index contributed by atoms with van der Waals surface area (Å²) >= 11 is 0. The summed E-state index contributed by atoms with van der Waals surface area (Å²) in [5.74, 6) is 0. The molecule has 0 unspecified atom stereocenters. The molecule has 0 spiro atoms. The molecule has 0 heterocycles. The monoisotopic (exact) mass is 250 g/mol. The molecule has 18 heavy (non-hydrogen) atoms. The third-order valence-electron chi connectivity index (χ3n) is 3.87. The molecule has 2 nitrogen and oxygen atoms in total. The highest BCUT2D eigenvalue weighted by atomic mass is 15.2. The van der Waals surface area contributed by atoms with Crippen LogP contribution in [-0.2, 0) is 0 Å². The SMILES string of the molecule is CCCCCCCCCCN(CCC#N)C1CC1. The molecule has 1 aliphatic carbocycles. The third-order valence-corrected chi connectivity index (χ3v) is 3.87. The highest BCUT2D eigenvalue weighted by Gasteiger charge is 2.27. The van der Waals surface area contributed by atoms with E-state index < -0.39 is 0 Å². The Morgan fingerprint density at radius 2 is 1.56 bits per heavy atom. The molecule has 0 bridgehead atoms. The third kappa shape index (κ3) is 7.71. The van der Waals surface area contributed by atoms with Crippen LogP contribution >= 0.6 is 0 Å². The number of hydrogen-bond donors (Lipinski definition) is 0. The van der Waals surface area contributed by atoms with Crippen molar-refractivity contribution >= 4 is 0 Å². The van der Waals surface area contributed by atoms with Crippen molar-refractivity contribution in [3.05, 3.63) is 0 Å². The summed E-state index contributed by atoms with van der Waals surface area (Å²) in [5, 5.41) is 8.65. The lowest BCUT2D eigenvalue weighted by molar-refractivity contribution is 0.262. The lowest BCUT2D eigenvalue weighted by Gasteiger charge is -2.20. The molecule has 0 saturated heterocycles. The van der Waals surface area contributed by atoms with Crippen LogP contribution in [0.5, 0.6) is 0 Å². The molecule has 1 rings (SSSR count). The standard InChI is InChI=1S/C16H30N2/c1-2-3-4-5-6-7-8-9-14-18(15-10-13-17)16-11-12-16/h16H,2-12,14-15H2,1H3.